The van der Waals surface area contributed by atoms with E-state index in [1.165, 1.54) is 15.9 Å². The fourth-order valence-electron chi connectivity index (χ4n) is 3.19. The summed E-state index contributed by atoms with van der Waals surface area (Å²) in [5.41, 5.74) is 2.63. The Labute approximate surface area is 195 Å². The molecule has 0 aromatic heterocycles. The smallest absolute Gasteiger partial charge is 0.232 e. The van der Waals surface area contributed by atoms with Gasteiger partial charge in [-0.3, -0.25) is 9.10 Å². The van der Waals surface area contributed by atoms with E-state index in [9.17, 15) is 13.2 Å². The summed E-state index contributed by atoms with van der Waals surface area (Å²) >= 11 is 12.2. The Bertz CT molecular complexity index is 1020. The average molecular weight is 485 g/mol. The van der Waals surface area contributed by atoms with Gasteiger partial charge in [-0.1, -0.05) is 68.2 Å². The summed E-state index contributed by atoms with van der Waals surface area (Å²) in [4.78, 5) is 12.4. The third-order valence-corrected chi connectivity index (χ3v) is 6.73. The summed E-state index contributed by atoms with van der Waals surface area (Å²) in [5.74, 6) is -0.141. The average Bonchev–Trinajstić information content (AvgIpc) is 2.66. The van der Waals surface area contributed by atoms with E-state index in [2.05, 4.69) is 38.2 Å². The van der Waals surface area contributed by atoms with Gasteiger partial charge in [0.2, 0.25) is 15.9 Å². The first-order valence-electron chi connectivity index (χ1n) is 10.1. The van der Waals surface area contributed by atoms with Crippen LogP contribution in [-0.2, 0) is 20.2 Å². The van der Waals surface area contributed by atoms with Gasteiger partial charge in [-0.2, -0.15) is 0 Å². The normalized spacial score (nSPS) is 13.0. The summed E-state index contributed by atoms with van der Waals surface area (Å²) in [6.07, 6.45) is 1.64. The lowest BCUT2D eigenvalue weighted by atomic mass is 9.86. The van der Waals surface area contributed by atoms with Crippen LogP contribution in [0.15, 0.2) is 42.5 Å². The monoisotopic (exact) mass is 484 g/mol. The Morgan fingerprint density at radius 1 is 1.10 bits per heavy atom. The molecule has 5 nitrogen and oxygen atoms in total. The standard InChI is InChI=1S/C23H30Cl2N2O3S/c1-16(17-8-10-18(11-9-17)23(2,3)4)26-22(28)7-6-14-27(31(5,29)30)21-15-19(24)12-13-20(21)25/h8-13,15-16H,6-7,14H2,1-5H3,(H,26,28). The van der Waals surface area contributed by atoms with Gasteiger partial charge in [0.1, 0.15) is 0 Å². The van der Waals surface area contributed by atoms with Crippen molar-refractivity contribution >= 4 is 44.8 Å². The molecular weight excluding hydrogens is 455 g/mol. The Hall–Kier alpha value is -1.76. The highest BCUT2D eigenvalue weighted by atomic mass is 35.5. The highest BCUT2D eigenvalue weighted by Crippen LogP contribution is 2.31. The fourth-order valence-corrected chi connectivity index (χ4v) is 4.60. The number of nitrogens with one attached hydrogen (secondary N) is 1. The van der Waals surface area contributed by atoms with Crippen LogP contribution in [0.5, 0.6) is 0 Å². The summed E-state index contributed by atoms with van der Waals surface area (Å²) in [5, 5.41) is 3.64. The van der Waals surface area contributed by atoms with Crippen molar-refractivity contribution in [3.63, 3.8) is 0 Å². The van der Waals surface area contributed by atoms with Gasteiger partial charge in [0.15, 0.2) is 0 Å². The van der Waals surface area contributed by atoms with Crippen LogP contribution in [-0.4, -0.2) is 27.1 Å². The number of hydrogen-bond acceptors (Lipinski definition) is 3. The fraction of sp³-hybridized carbons (Fsp3) is 0.435. The van der Waals surface area contributed by atoms with Gasteiger partial charge in [0, 0.05) is 18.0 Å². The van der Waals surface area contributed by atoms with Crippen LogP contribution in [0.2, 0.25) is 10.0 Å². The van der Waals surface area contributed by atoms with Crippen LogP contribution in [0.4, 0.5) is 5.69 Å². The second-order valence-electron chi connectivity index (χ2n) is 8.70. The number of anilines is 1. The molecule has 1 atom stereocenters. The van der Waals surface area contributed by atoms with Gasteiger partial charge in [0.25, 0.3) is 0 Å². The largest absolute Gasteiger partial charge is 0.350 e. The Morgan fingerprint density at radius 2 is 1.71 bits per heavy atom. The maximum atomic E-state index is 12.4. The molecule has 0 saturated heterocycles. The van der Waals surface area contributed by atoms with E-state index in [-0.39, 0.29) is 35.4 Å². The second-order valence-corrected chi connectivity index (χ2v) is 11.4. The molecule has 1 unspecified atom stereocenters. The lowest BCUT2D eigenvalue weighted by Gasteiger charge is -2.24. The topological polar surface area (TPSA) is 66.5 Å². The van der Waals surface area contributed by atoms with E-state index in [1.807, 2.05) is 19.1 Å². The number of rotatable bonds is 8. The van der Waals surface area contributed by atoms with Crippen LogP contribution in [0.3, 0.4) is 0 Å². The summed E-state index contributed by atoms with van der Waals surface area (Å²) in [7, 11) is -3.58. The molecule has 0 fully saturated rings. The van der Waals surface area contributed by atoms with Crippen molar-refractivity contribution in [2.45, 2.75) is 52.0 Å². The molecule has 0 heterocycles. The van der Waals surface area contributed by atoms with E-state index in [1.54, 1.807) is 12.1 Å². The van der Waals surface area contributed by atoms with Gasteiger partial charge in [0.05, 0.1) is 23.0 Å². The van der Waals surface area contributed by atoms with Crippen LogP contribution in [0, 0.1) is 0 Å². The number of carbonyl (C=O) groups excluding carboxylic acids is 1. The molecule has 31 heavy (non-hydrogen) atoms. The molecule has 0 spiro atoms. The third kappa shape index (κ3) is 7.41. The van der Waals surface area contributed by atoms with Crippen molar-refractivity contribution in [2.24, 2.45) is 0 Å². The summed E-state index contributed by atoms with van der Waals surface area (Å²) in [6.45, 7) is 8.52. The van der Waals surface area contributed by atoms with E-state index in [4.69, 9.17) is 23.2 Å². The van der Waals surface area contributed by atoms with Crippen LogP contribution in [0.1, 0.15) is 57.7 Å². The molecule has 2 rings (SSSR count). The minimum atomic E-state index is -3.58. The molecule has 1 amide bonds. The van der Waals surface area contributed by atoms with Gasteiger partial charge in [-0.05, 0) is 48.1 Å². The molecule has 1 N–H and O–H groups in total. The van der Waals surface area contributed by atoms with Crippen molar-refractivity contribution < 1.29 is 13.2 Å². The molecule has 0 radical (unpaired) electrons. The Balaban J connectivity index is 1.97. The number of amides is 1. The van der Waals surface area contributed by atoms with Gasteiger partial charge >= 0.3 is 0 Å². The minimum absolute atomic E-state index is 0.0718. The minimum Gasteiger partial charge on any atom is -0.350 e. The van der Waals surface area contributed by atoms with Gasteiger partial charge in [-0.15, -0.1) is 0 Å². The predicted octanol–water partition coefficient (Wildman–Crippen LogP) is 5.71. The van der Waals surface area contributed by atoms with Crippen LogP contribution < -0.4 is 9.62 Å². The highest BCUT2D eigenvalue weighted by molar-refractivity contribution is 7.92. The Kier molecular flexibility index (Phi) is 8.42. The van der Waals surface area contributed by atoms with Crippen LogP contribution in [0.25, 0.3) is 0 Å². The number of sulfonamides is 1. The number of nitrogens with zero attached hydrogens (tertiary/aromatic N) is 1. The summed E-state index contributed by atoms with van der Waals surface area (Å²) < 4.78 is 25.7. The van der Waals surface area contributed by atoms with Gasteiger partial charge < -0.3 is 5.32 Å². The van der Waals surface area contributed by atoms with Crippen LogP contribution >= 0.6 is 23.2 Å². The lowest BCUT2D eigenvalue weighted by molar-refractivity contribution is -0.121. The number of hydrogen-bond donors (Lipinski definition) is 1. The molecule has 0 bridgehead atoms. The van der Waals surface area contributed by atoms with Crippen molar-refractivity contribution in [2.75, 3.05) is 17.1 Å². The first-order chi connectivity index (χ1) is 14.3. The van der Waals surface area contributed by atoms with E-state index >= 15 is 0 Å². The van der Waals surface area contributed by atoms with E-state index < -0.39 is 10.0 Å². The van der Waals surface area contributed by atoms with Crippen molar-refractivity contribution in [3.05, 3.63) is 63.6 Å². The van der Waals surface area contributed by atoms with Crippen molar-refractivity contribution in [1.82, 2.24) is 5.32 Å². The molecule has 0 saturated carbocycles. The molecular formula is C23H30Cl2N2O3S. The Morgan fingerprint density at radius 3 is 2.26 bits per heavy atom. The summed E-state index contributed by atoms with van der Waals surface area (Å²) in [6, 6.07) is 12.7. The quantitative estimate of drug-likeness (QED) is 0.521. The molecule has 170 valence electrons. The first kappa shape index (κ1) is 25.5. The maximum absolute atomic E-state index is 12.4. The first-order valence-corrected chi connectivity index (χ1v) is 12.7. The maximum Gasteiger partial charge on any atom is 0.232 e. The zero-order valence-electron chi connectivity index (χ0n) is 18.6. The highest BCUT2D eigenvalue weighted by Gasteiger charge is 2.21. The number of carbonyl (C=O) groups is 1. The second kappa shape index (κ2) is 10.2. The van der Waals surface area contributed by atoms with E-state index in [0.717, 1.165) is 11.8 Å². The van der Waals surface area contributed by atoms with Crippen molar-refractivity contribution in [1.29, 1.82) is 0 Å². The molecule has 8 heteroatoms. The molecule has 0 aliphatic heterocycles. The lowest BCUT2D eigenvalue weighted by Crippen LogP contribution is -2.32. The molecule has 2 aromatic carbocycles. The van der Waals surface area contributed by atoms with Gasteiger partial charge in [-0.25, -0.2) is 8.42 Å². The molecule has 0 aliphatic rings. The third-order valence-electron chi connectivity index (χ3n) is 5.00. The zero-order chi connectivity index (χ0) is 23.4. The molecule has 2 aromatic rings. The van der Waals surface area contributed by atoms with E-state index in [0.29, 0.717) is 17.1 Å². The SMILES string of the molecule is CC(NC(=O)CCCN(c1cc(Cl)ccc1Cl)S(C)(=O)=O)c1ccc(C(C)(C)C)cc1. The predicted molar refractivity (Wildman–Crippen MR) is 130 cm³/mol. The molecule has 0 aliphatic carbocycles. The number of benzene rings is 2. The number of halogens is 2. The van der Waals surface area contributed by atoms with Crippen molar-refractivity contribution in [3.8, 4) is 0 Å². The zero-order valence-corrected chi connectivity index (χ0v) is 20.9.